The van der Waals surface area contributed by atoms with Crippen molar-refractivity contribution in [3.8, 4) is 11.1 Å². The van der Waals surface area contributed by atoms with Crippen LogP contribution in [0.1, 0.15) is 35.8 Å². The zero-order chi connectivity index (χ0) is 15.9. The van der Waals surface area contributed by atoms with E-state index in [4.69, 9.17) is 0 Å². The van der Waals surface area contributed by atoms with Crippen molar-refractivity contribution >= 4 is 23.5 Å². The summed E-state index contributed by atoms with van der Waals surface area (Å²) in [5, 5.41) is 2.12. The van der Waals surface area contributed by atoms with E-state index in [0.29, 0.717) is 0 Å². The molecule has 0 unspecified atom stereocenters. The zero-order valence-corrected chi connectivity index (χ0v) is 14.4. The first-order valence-electron chi connectivity index (χ1n) is 8.27. The predicted molar refractivity (Wildman–Crippen MR) is 104 cm³/mol. The first-order valence-corrected chi connectivity index (χ1v) is 9.15. The average Bonchev–Trinajstić information content (AvgIpc) is 3.12. The molecule has 0 amide bonds. The van der Waals surface area contributed by atoms with Crippen LogP contribution in [0.2, 0.25) is 0 Å². The van der Waals surface area contributed by atoms with E-state index >= 15 is 0 Å². The molecular formula is C22H22S. The van der Waals surface area contributed by atoms with E-state index in [1.165, 1.54) is 40.0 Å². The summed E-state index contributed by atoms with van der Waals surface area (Å²) < 4.78 is 0. The van der Waals surface area contributed by atoms with Gasteiger partial charge in [0.05, 0.1) is 0 Å². The number of unbranched alkanes of at least 4 members (excludes halogenated alkanes) is 1. The Hall–Kier alpha value is -2.12. The van der Waals surface area contributed by atoms with E-state index < -0.39 is 0 Å². The van der Waals surface area contributed by atoms with Crippen LogP contribution in [0.4, 0.5) is 0 Å². The van der Waals surface area contributed by atoms with E-state index in [2.05, 4.69) is 85.1 Å². The second kappa shape index (κ2) is 7.94. The number of hydrogen-bond donors (Lipinski definition) is 0. The van der Waals surface area contributed by atoms with Gasteiger partial charge < -0.3 is 0 Å². The van der Waals surface area contributed by atoms with Crippen LogP contribution < -0.4 is 0 Å². The van der Waals surface area contributed by atoms with Crippen LogP contribution in [0, 0.1) is 0 Å². The molecule has 0 fully saturated rings. The number of aryl methyl sites for hydroxylation is 1. The number of benzene rings is 2. The van der Waals surface area contributed by atoms with Crippen LogP contribution in [0.5, 0.6) is 0 Å². The molecular weight excluding hydrogens is 296 g/mol. The van der Waals surface area contributed by atoms with Gasteiger partial charge in [-0.1, -0.05) is 74.0 Å². The molecule has 0 aliphatic rings. The molecule has 0 atom stereocenters. The van der Waals surface area contributed by atoms with E-state index in [0.717, 1.165) is 6.42 Å². The molecule has 0 bridgehead atoms. The molecule has 3 rings (SSSR count). The van der Waals surface area contributed by atoms with E-state index in [1.807, 2.05) is 0 Å². The van der Waals surface area contributed by atoms with Gasteiger partial charge in [0.2, 0.25) is 0 Å². The predicted octanol–water partition coefficient (Wildman–Crippen LogP) is 6.93. The van der Waals surface area contributed by atoms with Crippen molar-refractivity contribution in [1.29, 1.82) is 0 Å². The Morgan fingerprint density at radius 1 is 0.826 bits per heavy atom. The van der Waals surface area contributed by atoms with Gasteiger partial charge in [-0.3, -0.25) is 0 Å². The Morgan fingerprint density at radius 2 is 1.61 bits per heavy atom. The summed E-state index contributed by atoms with van der Waals surface area (Å²) in [5.74, 6) is 0. The van der Waals surface area contributed by atoms with Crippen LogP contribution >= 0.6 is 11.3 Å². The van der Waals surface area contributed by atoms with Crippen LogP contribution in [-0.4, -0.2) is 0 Å². The maximum absolute atomic E-state index is 2.27. The maximum atomic E-state index is 2.27. The van der Waals surface area contributed by atoms with Crippen molar-refractivity contribution in [2.24, 2.45) is 0 Å². The minimum absolute atomic E-state index is 1.15. The van der Waals surface area contributed by atoms with Crippen LogP contribution in [-0.2, 0) is 6.42 Å². The Balaban J connectivity index is 1.97. The van der Waals surface area contributed by atoms with Gasteiger partial charge in [0.1, 0.15) is 0 Å². The van der Waals surface area contributed by atoms with Gasteiger partial charge in [0, 0.05) is 4.88 Å². The van der Waals surface area contributed by atoms with Gasteiger partial charge >= 0.3 is 0 Å². The molecule has 0 saturated heterocycles. The van der Waals surface area contributed by atoms with Gasteiger partial charge in [0.15, 0.2) is 0 Å². The molecule has 23 heavy (non-hydrogen) atoms. The summed E-state index contributed by atoms with van der Waals surface area (Å²) in [6, 6.07) is 21.8. The SMILES string of the molecule is CCCCc1ccccc1-c1ccccc1C=Cc1cccs1. The fourth-order valence-electron chi connectivity index (χ4n) is 2.81. The highest BCUT2D eigenvalue weighted by molar-refractivity contribution is 7.10. The monoisotopic (exact) mass is 318 g/mol. The van der Waals surface area contributed by atoms with E-state index in [-0.39, 0.29) is 0 Å². The van der Waals surface area contributed by atoms with Crippen molar-refractivity contribution < 1.29 is 0 Å². The average molecular weight is 318 g/mol. The molecule has 0 aliphatic carbocycles. The smallest absolute Gasteiger partial charge is 0.0270 e. The first kappa shape index (κ1) is 15.8. The lowest BCUT2D eigenvalue weighted by Gasteiger charge is -2.12. The van der Waals surface area contributed by atoms with Gasteiger partial charge in [-0.15, -0.1) is 11.3 Å². The molecule has 3 aromatic rings. The molecule has 1 heteroatoms. The lowest BCUT2D eigenvalue weighted by molar-refractivity contribution is 0.796. The standard InChI is InChI=1S/C22H22S/c1-2-3-9-18-10-4-6-13-21(18)22-14-7-5-11-19(22)15-16-20-12-8-17-23-20/h4-8,10-17H,2-3,9H2,1H3. The summed E-state index contributed by atoms with van der Waals surface area (Å²) in [4.78, 5) is 1.29. The maximum Gasteiger partial charge on any atom is 0.0270 e. The summed E-state index contributed by atoms with van der Waals surface area (Å²) in [7, 11) is 0. The number of thiophene rings is 1. The van der Waals surface area contributed by atoms with Crippen LogP contribution in [0.3, 0.4) is 0 Å². The Morgan fingerprint density at radius 3 is 2.39 bits per heavy atom. The fourth-order valence-corrected chi connectivity index (χ4v) is 3.43. The third-order valence-corrected chi connectivity index (χ3v) is 4.88. The molecule has 0 radical (unpaired) electrons. The molecule has 0 saturated carbocycles. The zero-order valence-electron chi connectivity index (χ0n) is 13.5. The van der Waals surface area contributed by atoms with E-state index in [9.17, 15) is 0 Å². The second-order valence-electron chi connectivity index (χ2n) is 5.70. The summed E-state index contributed by atoms with van der Waals surface area (Å²) in [6.07, 6.45) is 8.06. The first-order chi connectivity index (χ1) is 11.4. The van der Waals surface area contributed by atoms with Gasteiger partial charge in [-0.2, -0.15) is 0 Å². The molecule has 1 aromatic heterocycles. The number of rotatable bonds is 6. The van der Waals surface area contributed by atoms with Crippen molar-refractivity contribution in [3.05, 3.63) is 82.0 Å². The van der Waals surface area contributed by atoms with Crippen LogP contribution in [0.15, 0.2) is 66.0 Å². The minimum atomic E-state index is 1.15. The van der Waals surface area contributed by atoms with Gasteiger partial charge in [-0.05, 0) is 52.6 Å². The third-order valence-electron chi connectivity index (χ3n) is 4.04. The largest absolute Gasteiger partial charge is 0.144 e. The van der Waals surface area contributed by atoms with Crippen molar-refractivity contribution in [2.75, 3.05) is 0 Å². The molecule has 116 valence electrons. The number of hydrogen-bond acceptors (Lipinski definition) is 1. The Bertz CT molecular complexity index is 766. The Kier molecular flexibility index (Phi) is 5.44. The van der Waals surface area contributed by atoms with Crippen molar-refractivity contribution in [3.63, 3.8) is 0 Å². The summed E-state index contributed by atoms with van der Waals surface area (Å²) in [6.45, 7) is 2.25. The van der Waals surface area contributed by atoms with Gasteiger partial charge in [-0.25, -0.2) is 0 Å². The normalized spacial score (nSPS) is 11.2. The lowest BCUT2D eigenvalue weighted by atomic mass is 9.93. The highest BCUT2D eigenvalue weighted by Crippen LogP contribution is 2.29. The molecule has 2 aromatic carbocycles. The van der Waals surface area contributed by atoms with Gasteiger partial charge in [0.25, 0.3) is 0 Å². The summed E-state index contributed by atoms with van der Waals surface area (Å²) >= 11 is 1.77. The minimum Gasteiger partial charge on any atom is -0.144 e. The lowest BCUT2D eigenvalue weighted by Crippen LogP contribution is -1.91. The highest BCUT2D eigenvalue weighted by Gasteiger charge is 2.07. The molecule has 0 N–H and O–H groups in total. The molecule has 1 heterocycles. The summed E-state index contributed by atoms with van der Waals surface area (Å²) in [5.41, 5.74) is 5.43. The van der Waals surface area contributed by atoms with Crippen molar-refractivity contribution in [1.82, 2.24) is 0 Å². The molecule has 0 nitrogen and oxygen atoms in total. The topological polar surface area (TPSA) is 0 Å². The van der Waals surface area contributed by atoms with Crippen LogP contribution in [0.25, 0.3) is 23.3 Å². The quantitative estimate of drug-likeness (QED) is 0.462. The molecule has 0 spiro atoms. The third kappa shape index (κ3) is 4.00. The second-order valence-corrected chi connectivity index (χ2v) is 6.68. The van der Waals surface area contributed by atoms with Crippen molar-refractivity contribution in [2.45, 2.75) is 26.2 Å². The fraction of sp³-hybridized carbons (Fsp3) is 0.182. The highest BCUT2D eigenvalue weighted by atomic mass is 32.1. The Labute approximate surface area is 143 Å². The van der Waals surface area contributed by atoms with E-state index in [1.54, 1.807) is 11.3 Å². The molecule has 0 aliphatic heterocycles.